The summed E-state index contributed by atoms with van der Waals surface area (Å²) in [5.41, 5.74) is 0. The SMILES string of the molecule is C#CCCC(NC=O)C(=O)O. The monoisotopic (exact) mass is 155 g/mol. The molecule has 0 aromatic carbocycles. The number of hydrogen-bond donors (Lipinski definition) is 2. The number of aliphatic carboxylic acids is 1. The van der Waals surface area contributed by atoms with Crippen LogP contribution in [0.4, 0.5) is 0 Å². The van der Waals surface area contributed by atoms with Crippen LogP contribution < -0.4 is 5.32 Å². The lowest BCUT2D eigenvalue weighted by Gasteiger charge is -2.07. The van der Waals surface area contributed by atoms with Gasteiger partial charge < -0.3 is 10.4 Å². The van der Waals surface area contributed by atoms with Crippen LogP contribution in [0.3, 0.4) is 0 Å². The number of carboxylic acid groups (broad SMARTS) is 1. The van der Waals surface area contributed by atoms with Crippen LogP contribution in [0, 0.1) is 12.3 Å². The quantitative estimate of drug-likeness (QED) is 0.419. The lowest BCUT2D eigenvalue weighted by atomic mass is 10.2. The van der Waals surface area contributed by atoms with Gasteiger partial charge in [0.05, 0.1) is 0 Å². The van der Waals surface area contributed by atoms with E-state index in [2.05, 4.69) is 11.2 Å². The van der Waals surface area contributed by atoms with Crippen molar-refractivity contribution >= 4 is 12.4 Å². The van der Waals surface area contributed by atoms with Gasteiger partial charge in [-0.05, 0) is 6.42 Å². The van der Waals surface area contributed by atoms with Crippen LogP contribution in [0.25, 0.3) is 0 Å². The molecule has 60 valence electrons. The van der Waals surface area contributed by atoms with Crippen LogP contribution in [-0.2, 0) is 9.59 Å². The first-order valence-electron chi connectivity index (χ1n) is 3.08. The van der Waals surface area contributed by atoms with Gasteiger partial charge in [-0.25, -0.2) is 4.79 Å². The third kappa shape index (κ3) is 3.98. The number of carbonyl (C=O) groups is 2. The molecule has 4 nitrogen and oxygen atoms in total. The zero-order valence-electron chi connectivity index (χ0n) is 5.91. The molecule has 0 aromatic rings. The van der Waals surface area contributed by atoms with E-state index in [4.69, 9.17) is 11.5 Å². The van der Waals surface area contributed by atoms with Gasteiger partial charge in [-0.15, -0.1) is 12.3 Å². The Balaban J connectivity index is 3.80. The van der Waals surface area contributed by atoms with Gasteiger partial charge in [-0.2, -0.15) is 0 Å². The highest BCUT2D eigenvalue weighted by Gasteiger charge is 2.14. The van der Waals surface area contributed by atoms with E-state index >= 15 is 0 Å². The van der Waals surface area contributed by atoms with Gasteiger partial charge in [-0.1, -0.05) is 0 Å². The van der Waals surface area contributed by atoms with Gasteiger partial charge in [0.25, 0.3) is 0 Å². The number of hydrogen-bond acceptors (Lipinski definition) is 2. The molecule has 0 fully saturated rings. The summed E-state index contributed by atoms with van der Waals surface area (Å²) in [6.45, 7) is 0. The minimum atomic E-state index is -1.06. The van der Waals surface area contributed by atoms with Crippen molar-refractivity contribution in [3.63, 3.8) is 0 Å². The minimum Gasteiger partial charge on any atom is -0.480 e. The molecule has 0 saturated heterocycles. The van der Waals surface area contributed by atoms with Crippen LogP contribution in [0.2, 0.25) is 0 Å². The van der Waals surface area contributed by atoms with Crippen LogP contribution in [0.5, 0.6) is 0 Å². The number of nitrogens with one attached hydrogen (secondary N) is 1. The summed E-state index contributed by atoms with van der Waals surface area (Å²) < 4.78 is 0. The van der Waals surface area contributed by atoms with E-state index in [1.165, 1.54) is 0 Å². The van der Waals surface area contributed by atoms with Crippen molar-refractivity contribution in [3.05, 3.63) is 0 Å². The first-order valence-corrected chi connectivity index (χ1v) is 3.08. The molecule has 0 aliphatic rings. The molecule has 0 bridgehead atoms. The second kappa shape index (κ2) is 5.30. The summed E-state index contributed by atoms with van der Waals surface area (Å²) in [5.74, 6) is 1.23. The fourth-order valence-electron chi connectivity index (χ4n) is 0.588. The van der Waals surface area contributed by atoms with Gasteiger partial charge in [0.1, 0.15) is 6.04 Å². The highest BCUT2D eigenvalue weighted by Crippen LogP contribution is 1.94. The molecule has 1 amide bonds. The van der Waals surface area contributed by atoms with E-state index < -0.39 is 12.0 Å². The van der Waals surface area contributed by atoms with Crippen molar-refractivity contribution in [2.45, 2.75) is 18.9 Å². The summed E-state index contributed by atoms with van der Waals surface area (Å²) in [4.78, 5) is 20.2. The summed E-state index contributed by atoms with van der Waals surface area (Å²) in [5, 5.41) is 10.6. The van der Waals surface area contributed by atoms with Crippen molar-refractivity contribution in [2.75, 3.05) is 0 Å². The number of terminal acetylenes is 1. The first-order chi connectivity index (χ1) is 5.22. The standard InChI is InChI=1S/C7H9NO3/c1-2-3-4-6(7(10)11)8-5-9/h1,5-6H,3-4H2,(H,8,9)(H,10,11). The average molecular weight is 155 g/mol. The van der Waals surface area contributed by atoms with E-state index in [0.29, 0.717) is 12.8 Å². The van der Waals surface area contributed by atoms with Gasteiger partial charge in [0, 0.05) is 6.42 Å². The largest absolute Gasteiger partial charge is 0.480 e. The third-order valence-electron chi connectivity index (χ3n) is 1.14. The Kier molecular flexibility index (Phi) is 4.58. The average Bonchev–Trinajstić information content (AvgIpc) is 1.97. The lowest BCUT2D eigenvalue weighted by molar-refractivity contribution is -0.140. The van der Waals surface area contributed by atoms with Gasteiger partial charge in [-0.3, -0.25) is 4.79 Å². The molecule has 1 atom stereocenters. The third-order valence-corrected chi connectivity index (χ3v) is 1.14. The maximum Gasteiger partial charge on any atom is 0.326 e. The Morgan fingerprint density at radius 1 is 1.82 bits per heavy atom. The summed E-state index contributed by atoms with van der Waals surface area (Å²) in [6.07, 6.45) is 5.88. The molecule has 0 saturated carbocycles. The fraction of sp³-hybridized carbons (Fsp3) is 0.429. The van der Waals surface area contributed by atoms with E-state index in [1.807, 2.05) is 0 Å². The summed E-state index contributed by atoms with van der Waals surface area (Å²) in [6, 6.07) is -0.858. The molecular weight excluding hydrogens is 146 g/mol. The second-order valence-corrected chi connectivity index (χ2v) is 1.92. The molecule has 0 heterocycles. The number of carboxylic acids is 1. The normalized spacial score (nSPS) is 11.2. The van der Waals surface area contributed by atoms with Gasteiger partial charge >= 0.3 is 5.97 Å². The molecule has 1 unspecified atom stereocenters. The molecule has 11 heavy (non-hydrogen) atoms. The minimum absolute atomic E-state index is 0.268. The molecule has 0 aliphatic carbocycles. The van der Waals surface area contributed by atoms with E-state index in [0.717, 1.165) is 0 Å². The zero-order valence-corrected chi connectivity index (χ0v) is 5.91. The molecule has 0 radical (unpaired) electrons. The van der Waals surface area contributed by atoms with Crippen LogP contribution in [-0.4, -0.2) is 23.5 Å². The predicted molar refractivity (Wildman–Crippen MR) is 38.7 cm³/mol. The molecule has 0 spiro atoms. The van der Waals surface area contributed by atoms with E-state index in [9.17, 15) is 9.59 Å². The fourth-order valence-corrected chi connectivity index (χ4v) is 0.588. The number of amides is 1. The highest BCUT2D eigenvalue weighted by atomic mass is 16.4. The molecule has 0 rings (SSSR count). The first kappa shape index (κ1) is 9.50. The van der Waals surface area contributed by atoms with Crippen molar-refractivity contribution in [2.24, 2.45) is 0 Å². The molecule has 2 N–H and O–H groups in total. The van der Waals surface area contributed by atoms with Crippen LogP contribution >= 0.6 is 0 Å². The van der Waals surface area contributed by atoms with Gasteiger partial charge in [0.15, 0.2) is 0 Å². The smallest absolute Gasteiger partial charge is 0.326 e. The molecule has 4 heteroatoms. The summed E-state index contributed by atoms with van der Waals surface area (Å²) >= 11 is 0. The Bertz CT molecular complexity index is 183. The molecule has 0 aromatic heterocycles. The zero-order chi connectivity index (χ0) is 8.69. The highest BCUT2D eigenvalue weighted by molar-refractivity contribution is 5.76. The van der Waals surface area contributed by atoms with Crippen molar-refractivity contribution in [3.8, 4) is 12.3 Å². The Morgan fingerprint density at radius 3 is 2.82 bits per heavy atom. The topological polar surface area (TPSA) is 66.4 Å². The Hall–Kier alpha value is -1.50. The van der Waals surface area contributed by atoms with Crippen molar-refractivity contribution < 1.29 is 14.7 Å². The van der Waals surface area contributed by atoms with E-state index in [-0.39, 0.29) is 6.42 Å². The van der Waals surface area contributed by atoms with Crippen molar-refractivity contribution in [1.82, 2.24) is 5.32 Å². The molecule has 0 aliphatic heterocycles. The maximum atomic E-state index is 10.3. The predicted octanol–water partition coefficient (Wildman–Crippen LogP) is -0.401. The van der Waals surface area contributed by atoms with Gasteiger partial charge in [0.2, 0.25) is 6.41 Å². The number of rotatable bonds is 5. The Labute approximate surface area is 64.6 Å². The van der Waals surface area contributed by atoms with Crippen LogP contribution in [0.15, 0.2) is 0 Å². The maximum absolute atomic E-state index is 10.3. The van der Waals surface area contributed by atoms with E-state index in [1.54, 1.807) is 0 Å². The van der Waals surface area contributed by atoms with Crippen molar-refractivity contribution in [1.29, 1.82) is 0 Å². The Morgan fingerprint density at radius 2 is 2.45 bits per heavy atom. The molecular formula is C7H9NO3. The summed E-state index contributed by atoms with van der Waals surface area (Å²) in [7, 11) is 0. The lowest BCUT2D eigenvalue weighted by Crippen LogP contribution is -2.35. The second-order valence-electron chi connectivity index (χ2n) is 1.92. The number of carbonyl (C=O) groups excluding carboxylic acids is 1. The van der Waals surface area contributed by atoms with Crippen LogP contribution in [0.1, 0.15) is 12.8 Å².